The predicted molar refractivity (Wildman–Crippen MR) is 79.4 cm³/mol. The SMILES string of the molecule is NCN(c1ccccc1)c1ccc2ncccc2c1. The molecule has 0 spiro atoms. The van der Waals surface area contributed by atoms with Gasteiger partial charge in [0.15, 0.2) is 0 Å². The summed E-state index contributed by atoms with van der Waals surface area (Å²) in [6, 6.07) is 20.3. The Kier molecular flexibility index (Phi) is 3.12. The van der Waals surface area contributed by atoms with Gasteiger partial charge < -0.3 is 10.6 Å². The van der Waals surface area contributed by atoms with E-state index in [1.165, 1.54) is 0 Å². The van der Waals surface area contributed by atoms with Gasteiger partial charge in [-0.3, -0.25) is 4.98 Å². The van der Waals surface area contributed by atoms with Gasteiger partial charge >= 0.3 is 0 Å². The number of hydrogen-bond donors (Lipinski definition) is 1. The van der Waals surface area contributed by atoms with E-state index in [0.29, 0.717) is 6.67 Å². The van der Waals surface area contributed by atoms with Crippen molar-refractivity contribution in [2.45, 2.75) is 0 Å². The fourth-order valence-electron chi connectivity index (χ4n) is 2.20. The number of nitrogens with zero attached hydrogens (tertiary/aromatic N) is 2. The van der Waals surface area contributed by atoms with Crippen molar-refractivity contribution in [3.8, 4) is 0 Å². The summed E-state index contributed by atoms with van der Waals surface area (Å²) in [4.78, 5) is 6.41. The van der Waals surface area contributed by atoms with Crippen molar-refractivity contribution in [1.29, 1.82) is 0 Å². The van der Waals surface area contributed by atoms with Crippen molar-refractivity contribution in [3.05, 3.63) is 66.9 Å². The summed E-state index contributed by atoms with van der Waals surface area (Å²) in [6.07, 6.45) is 1.81. The second-order valence-corrected chi connectivity index (χ2v) is 4.33. The third-order valence-electron chi connectivity index (χ3n) is 3.15. The number of para-hydroxylation sites is 1. The quantitative estimate of drug-likeness (QED) is 0.724. The molecule has 0 aliphatic heterocycles. The first-order valence-corrected chi connectivity index (χ1v) is 6.26. The van der Waals surface area contributed by atoms with Crippen LogP contribution in [0.2, 0.25) is 0 Å². The highest BCUT2D eigenvalue weighted by Crippen LogP contribution is 2.26. The van der Waals surface area contributed by atoms with Crippen molar-refractivity contribution in [1.82, 2.24) is 4.98 Å². The highest BCUT2D eigenvalue weighted by Gasteiger charge is 2.07. The molecule has 0 aliphatic rings. The fraction of sp³-hybridized carbons (Fsp3) is 0.0625. The molecule has 3 aromatic rings. The lowest BCUT2D eigenvalue weighted by Crippen LogP contribution is -2.24. The second-order valence-electron chi connectivity index (χ2n) is 4.33. The van der Waals surface area contributed by atoms with Crippen LogP contribution in [0.15, 0.2) is 66.9 Å². The van der Waals surface area contributed by atoms with E-state index in [1.54, 1.807) is 6.20 Å². The average molecular weight is 249 g/mol. The summed E-state index contributed by atoms with van der Waals surface area (Å²) in [5.41, 5.74) is 9.06. The lowest BCUT2D eigenvalue weighted by molar-refractivity contribution is 0.984. The van der Waals surface area contributed by atoms with Gasteiger partial charge in [-0.25, -0.2) is 0 Å². The molecule has 0 amide bonds. The van der Waals surface area contributed by atoms with Crippen LogP contribution in [0.1, 0.15) is 0 Å². The Morgan fingerprint density at radius 2 is 1.74 bits per heavy atom. The molecule has 3 heteroatoms. The fourth-order valence-corrected chi connectivity index (χ4v) is 2.20. The van der Waals surface area contributed by atoms with E-state index in [-0.39, 0.29) is 0 Å². The molecule has 94 valence electrons. The van der Waals surface area contributed by atoms with Crippen molar-refractivity contribution in [2.75, 3.05) is 11.6 Å². The molecule has 3 rings (SSSR count). The predicted octanol–water partition coefficient (Wildman–Crippen LogP) is 3.29. The lowest BCUT2D eigenvalue weighted by Gasteiger charge is -2.23. The minimum Gasteiger partial charge on any atom is -0.328 e. The summed E-state index contributed by atoms with van der Waals surface area (Å²) < 4.78 is 0. The van der Waals surface area contributed by atoms with Crippen LogP contribution in [0.5, 0.6) is 0 Å². The molecule has 0 saturated heterocycles. The smallest absolute Gasteiger partial charge is 0.0706 e. The van der Waals surface area contributed by atoms with Crippen LogP contribution in [0.4, 0.5) is 11.4 Å². The largest absolute Gasteiger partial charge is 0.328 e. The topological polar surface area (TPSA) is 42.1 Å². The maximum Gasteiger partial charge on any atom is 0.0706 e. The molecular formula is C16H15N3. The highest BCUT2D eigenvalue weighted by atomic mass is 15.2. The third kappa shape index (κ3) is 2.28. The van der Waals surface area contributed by atoms with Crippen LogP contribution in [0.3, 0.4) is 0 Å². The molecule has 0 saturated carbocycles. The Bertz CT molecular complexity index is 680. The first kappa shape index (κ1) is 11.7. The Labute approximate surface area is 112 Å². The van der Waals surface area contributed by atoms with Crippen LogP contribution in [-0.2, 0) is 0 Å². The van der Waals surface area contributed by atoms with Gasteiger partial charge in [0.2, 0.25) is 0 Å². The van der Waals surface area contributed by atoms with Gasteiger partial charge in [-0.2, -0.15) is 0 Å². The molecule has 0 bridgehead atoms. The summed E-state index contributed by atoms with van der Waals surface area (Å²) in [6.45, 7) is 0.440. The van der Waals surface area contributed by atoms with Crippen LogP contribution >= 0.6 is 0 Å². The van der Waals surface area contributed by atoms with Gasteiger partial charge in [-0.15, -0.1) is 0 Å². The van der Waals surface area contributed by atoms with Gasteiger partial charge in [-0.05, 0) is 36.4 Å². The third-order valence-corrected chi connectivity index (χ3v) is 3.15. The van der Waals surface area contributed by atoms with Crippen LogP contribution in [0.25, 0.3) is 10.9 Å². The normalized spacial score (nSPS) is 10.6. The zero-order valence-electron chi connectivity index (χ0n) is 10.5. The summed E-state index contributed by atoms with van der Waals surface area (Å²) in [7, 11) is 0. The van der Waals surface area contributed by atoms with E-state index in [0.717, 1.165) is 22.3 Å². The van der Waals surface area contributed by atoms with Crippen molar-refractivity contribution in [2.24, 2.45) is 5.73 Å². The molecule has 0 radical (unpaired) electrons. The van der Waals surface area contributed by atoms with Crippen LogP contribution in [-0.4, -0.2) is 11.7 Å². The molecule has 2 aromatic carbocycles. The Balaban J connectivity index is 2.06. The average Bonchev–Trinajstić information content (AvgIpc) is 2.49. The molecule has 0 fully saturated rings. The Hall–Kier alpha value is -2.39. The number of nitrogens with two attached hydrogens (primary N) is 1. The molecule has 0 aliphatic carbocycles. The Morgan fingerprint density at radius 3 is 2.53 bits per heavy atom. The maximum atomic E-state index is 5.89. The van der Waals surface area contributed by atoms with Crippen molar-refractivity contribution < 1.29 is 0 Å². The van der Waals surface area contributed by atoms with Gasteiger partial charge in [0.1, 0.15) is 0 Å². The van der Waals surface area contributed by atoms with E-state index in [9.17, 15) is 0 Å². The van der Waals surface area contributed by atoms with E-state index in [4.69, 9.17) is 5.73 Å². The van der Waals surface area contributed by atoms with E-state index in [2.05, 4.69) is 40.2 Å². The van der Waals surface area contributed by atoms with Crippen LogP contribution < -0.4 is 10.6 Å². The standard InChI is InChI=1S/C16H15N3/c17-12-19(14-6-2-1-3-7-14)15-8-9-16-13(11-15)5-4-10-18-16/h1-11H,12,17H2. The first-order chi connectivity index (χ1) is 9.38. The Morgan fingerprint density at radius 1 is 0.895 bits per heavy atom. The number of fused-ring (bicyclic) bond motifs is 1. The molecular weight excluding hydrogens is 234 g/mol. The van der Waals surface area contributed by atoms with Crippen LogP contribution in [0, 0.1) is 0 Å². The monoisotopic (exact) mass is 249 g/mol. The molecule has 1 aromatic heterocycles. The molecule has 0 atom stereocenters. The van der Waals surface area contributed by atoms with Gasteiger partial charge in [0.25, 0.3) is 0 Å². The van der Waals surface area contributed by atoms with Gasteiger partial charge in [0.05, 0.1) is 12.2 Å². The number of aromatic nitrogens is 1. The van der Waals surface area contributed by atoms with Gasteiger partial charge in [-0.1, -0.05) is 24.3 Å². The molecule has 2 N–H and O–H groups in total. The van der Waals surface area contributed by atoms with E-state index >= 15 is 0 Å². The number of anilines is 2. The maximum absolute atomic E-state index is 5.89. The molecule has 19 heavy (non-hydrogen) atoms. The number of pyridine rings is 1. The van der Waals surface area contributed by atoms with E-state index in [1.807, 2.05) is 30.3 Å². The molecule has 0 unspecified atom stereocenters. The zero-order chi connectivity index (χ0) is 13.1. The lowest BCUT2D eigenvalue weighted by atomic mass is 10.1. The second kappa shape index (κ2) is 5.08. The van der Waals surface area contributed by atoms with E-state index < -0.39 is 0 Å². The number of hydrogen-bond acceptors (Lipinski definition) is 3. The first-order valence-electron chi connectivity index (χ1n) is 6.26. The molecule has 1 heterocycles. The number of benzene rings is 2. The van der Waals surface area contributed by atoms with Gasteiger partial charge in [0, 0.05) is 23.0 Å². The van der Waals surface area contributed by atoms with Crippen molar-refractivity contribution >= 4 is 22.3 Å². The zero-order valence-corrected chi connectivity index (χ0v) is 10.5. The highest BCUT2D eigenvalue weighted by molar-refractivity contribution is 5.83. The minimum atomic E-state index is 0.440. The summed E-state index contributed by atoms with van der Waals surface area (Å²) in [5.74, 6) is 0. The molecule has 3 nitrogen and oxygen atoms in total. The van der Waals surface area contributed by atoms with Crippen molar-refractivity contribution in [3.63, 3.8) is 0 Å². The minimum absolute atomic E-state index is 0.440. The number of rotatable bonds is 3. The summed E-state index contributed by atoms with van der Waals surface area (Å²) >= 11 is 0. The summed E-state index contributed by atoms with van der Waals surface area (Å²) in [5, 5.41) is 1.12.